The molecule has 0 spiro atoms. The van der Waals surface area contributed by atoms with Gasteiger partial charge in [0.2, 0.25) is 0 Å². The van der Waals surface area contributed by atoms with Gasteiger partial charge in [-0.2, -0.15) is 0 Å². The molecular weight excluding hydrogens is 272 g/mol. The Bertz CT molecular complexity index is 281. The summed E-state index contributed by atoms with van der Waals surface area (Å²) in [7, 11) is 0. The Morgan fingerprint density at radius 2 is 1.36 bits per heavy atom. The molecule has 0 fully saturated rings. The lowest BCUT2D eigenvalue weighted by atomic mass is 10.1. The third kappa shape index (κ3) is 8.89. The third-order valence-corrected chi connectivity index (χ3v) is 5.00. The van der Waals surface area contributed by atoms with Crippen molar-refractivity contribution in [1.29, 1.82) is 0 Å². The summed E-state index contributed by atoms with van der Waals surface area (Å²) in [5.41, 5.74) is 0. The molecule has 1 unspecified atom stereocenters. The quantitative estimate of drug-likeness (QED) is 0.349. The molecular formula is C19H39N2O+. The highest BCUT2D eigenvalue weighted by Gasteiger charge is 2.27. The maximum atomic E-state index is 9.21. The largest absolute Gasteiger partial charge is 0.390 e. The molecule has 0 saturated heterocycles. The average Bonchev–Trinajstić information content (AvgIpc) is 2.97. The van der Waals surface area contributed by atoms with Gasteiger partial charge in [0.1, 0.15) is 13.1 Å². The highest BCUT2D eigenvalue weighted by Crippen LogP contribution is 2.14. The van der Waals surface area contributed by atoms with Crippen LogP contribution in [-0.2, 0) is 0 Å². The Balaban J connectivity index is 1.86. The van der Waals surface area contributed by atoms with Gasteiger partial charge >= 0.3 is 0 Å². The van der Waals surface area contributed by atoms with E-state index in [1.165, 1.54) is 83.6 Å². The molecule has 0 amide bonds. The van der Waals surface area contributed by atoms with Crippen molar-refractivity contribution in [2.45, 2.75) is 84.0 Å². The minimum atomic E-state index is 0.282. The van der Waals surface area contributed by atoms with Crippen molar-refractivity contribution < 1.29 is 9.59 Å². The smallest absolute Gasteiger partial charge is 0.185 e. The van der Waals surface area contributed by atoms with Crippen LogP contribution < -0.4 is 0 Å². The summed E-state index contributed by atoms with van der Waals surface area (Å²) in [6.45, 7) is 6.62. The van der Waals surface area contributed by atoms with Crippen molar-refractivity contribution >= 4 is 6.34 Å². The molecule has 1 aliphatic rings. The first-order chi connectivity index (χ1) is 10.8. The van der Waals surface area contributed by atoms with E-state index in [2.05, 4.69) is 18.3 Å². The molecule has 0 aromatic carbocycles. The molecule has 130 valence electrons. The Kier molecular flexibility index (Phi) is 11.7. The highest BCUT2D eigenvalue weighted by atomic mass is 16.3. The molecule has 0 radical (unpaired) electrons. The van der Waals surface area contributed by atoms with Crippen molar-refractivity contribution in [2.24, 2.45) is 4.99 Å². The highest BCUT2D eigenvalue weighted by molar-refractivity contribution is 5.48. The van der Waals surface area contributed by atoms with Gasteiger partial charge in [0.25, 0.3) is 0 Å². The van der Waals surface area contributed by atoms with Gasteiger partial charge in [-0.3, -0.25) is 4.48 Å². The fourth-order valence-corrected chi connectivity index (χ4v) is 3.46. The van der Waals surface area contributed by atoms with Crippen LogP contribution in [0.5, 0.6) is 0 Å². The van der Waals surface area contributed by atoms with Crippen LogP contribution in [0, 0.1) is 0 Å². The van der Waals surface area contributed by atoms with Crippen LogP contribution in [0.1, 0.15) is 84.0 Å². The van der Waals surface area contributed by atoms with Gasteiger partial charge < -0.3 is 5.11 Å². The van der Waals surface area contributed by atoms with Gasteiger partial charge in [-0.15, -0.1) is 0 Å². The zero-order valence-electron chi connectivity index (χ0n) is 14.9. The van der Waals surface area contributed by atoms with Gasteiger partial charge in [-0.05, 0) is 12.8 Å². The number of hydrogen-bond donors (Lipinski definition) is 1. The SMILES string of the molecule is CCCCCCCCCCCCCC[N+]1(CCO)C=NCC1. The summed E-state index contributed by atoms with van der Waals surface area (Å²) in [5.74, 6) is 0. The van der Waals surface area contributed by atoms with Crippen molar-refractivity contribution in [3.8, 4) is 0 Å². The second kappa shape index (κ2) is 13.1. The Morgan fingerprint density at radius 3 is 1.82 bits per heavy atom. The van der Waals surface area contributed by atoms with Gasteiger partial charge in [-0.1, -0.05) is 71.1 Å². The molecule has 3 heteroatoms. The van der Waals surface area contributed by atoms with E-state index in [9.17, 15) is 5.11 Å². The molecule has 1 aliphatic heterocycles. The molecule has 22 heavy (non-hydrogen) atoms. The second-order valence-electron chi connectivity index (χ2n) is 7.02. The minimum absolute atomic E-state index is 0.282. The number of aliphatic hydroxyl groups excluding tert-OH is 1. The van der Waals surface area contributed by atoms with E-state index in [1.807, 2.05) is 0 Å². The lowest BCUT2D eigenvalue weighted by Crippen LogP contribution is -2.48. The molecule has 1 atom stereocenters. The van der Waals surface area contributed by atoms with E-state index in [0.29, 0.717) is 0 Å². The molecule has 0 aromatic heterocycles. The maximum Gasteiger partial charge on any atom is 0.185 e. The summed E-state index contributed by atoms with van der Waals surface area (Å²) in [4.78, 5) is 4.37. The topological polar surface area (TPSA) is 32.6 Å². The lowest BCUT2D eigenvalue weighted by molar-refractivity contribution is -0.829. The standard InChI is InChI=1S/C19H39N2O/c1-2-3-4-5-6-7-8-9-10-11-12-13-15-21(17-18-22)16-14-20-19-21/h19,22H,2-18H2,1H3/q+1. The van der Waals surface area contributed by atoms with Crippen LogP contribution in [0.2, 0.25) is 0 Å². The fraction of sp³-hybridized carbons (Fsp3) is 0.947. The summed E-state index contributed by atoms with van der Waals surface area (Å²) < 4.78 is 0.925. The van der Waals surface area contributed by atoms with Crippen LogP contribution in [0.25, 0.3) is 0 Å². The number of nitrogens with zero attached hydrogens (tertiary/aromatic N) is 2. The first kappa shape index (κ1) is 19.6. The van der Waals surface area contributed by atoms with Gasteiger partial charge in [0, 0.05) is 0 Å². The van der Waals surface area contributed by atoms with Crippen molar-refractivity contribution in [2.75, 3.05) is 32.8 Å². The van der Waals surface area contributed by atoms with E-state index < -0.39 is 0 Å². The van der Waals surface area contributed by atoms with Crippen molar-refractivity contribution in [3.05, 3.63) is 0 Å². The molecule has 0 aliphatic carbocycles. The number of aliphatic imine (C=N–C) groups is 1. The van der Waals surface area contributed by atoms with Crippen molar-refractivity contribution in [1.82, 2.24) is 0 Å². The van der Waals surface area contributed by atoms with Gasteiger partial charge in [-0.25, -0.2) is 4.99 Å². The molecule has 0 saturated carbocycles. The zero-order valence-corrected chi connectivity index (χ0v) is 14.9. The van der Waals surface area contributed by atoms with Crippen LogP contribution in [0.15, 0.2) is 4.99 Å². The van der Waals surface area contributed by atoms with Crippen molar-refractivity contribution in [3.63, 3.8) is 0 Å². The maximum absolute atomic E-state index is 9.21. The van der Waals surface area contributed by atoms with Crippen LogP contribution in [0.4, 0.5) is 0 Å². The molecule has 1 heterocycles. The third-order valence-electron chi connectivity index (χ3n) is 5.00. The van der Waals surface area contributed by atoms with Crippen LogP contribution in [-0.4, -0.2) is 48.7 Å². The van der Waals surface area contributed by atoms with Crippen LogP contribution >= 0.6 is 0 Å². The molecule has 0 aromatic rings. The molecule has 0 bridgehead atoms. The van der Waals surface area contributed by atoms with E-state index in [1.54, 1.807) is 0 Å². The summed E-state index contributed by atoms with van der Waals surface area (Å²) in [6, 6.07) is 0. The van der Waals surface area contributed by atoms with E-state index in [0.717, 1.165) is 24.1 Å². The predicted octanol–water partition coefficient (Wildman–Crippen LogP) is 4.54. The second-order valence-corrected chi connectivity index (χ2v) is 7.02. The normalized spacial score (nSPS) is 20.8. The molecule has 3 nitrogen and oxygen atoms in total. The number of aliphatic hydroxyl groups is 1. The number of hydrogen-bond acceptors (Lipinski definition) is 2. The van der Waals surface area contributed by atoms with Gasteiger partial charge in [0.15, 0.2) is 6.34 Å². The lowest BCUT2D eigenvalue weighted by Gasteiger charge is -2.29. The monoisotopic (exact) mass is 311 g/mol. The summed E-state index contributed by atoms with van der Waals surface area (Å²) in [6.07, 6.45) is 18.9. The number of unbranched alkanes of at least 4 members (excludes halogenated alkanes) is 11. The summed E-state index contributed by atoms with van der Waals surface area (Å²) in [5, 5.41) is 9.21. The molecule has 1 rings (SSSR count). The zero-order chi connectivity index (χ0) is 15.9. The Morgan fingerprint density at radius 1 is 0.818 bits per heavy atom. The summed E-state index contributed by atoms with van der Waals surface area (Å²) >= 11 is 0. The number of rotatable bonds is 15. The predicted molar refractivity (Wildman–Crippen MR) is 96.4 cm³/mol. The fourth-order valence-electron chi connectivity index (χ4n) is 3.46. The average molecular weight is 312 g/mol. The van der Waals surface area contributed by atoms with E-state index in [4.69, 9.17) is 0 Å². The first-order valence-corrected chi connectivity index (χ1v) is 9.80. The number of quaternary nitrogens is 1. The Hall–Kier alpha value is -0.410. The van der Waals surface area contributed by atoms with E-state index >= 15 is 0 Å². The van der Waals surface area contributed by atoms with Crippen LogP contribution in [0.3, 0.4) is 0 Å². The first-order valence-electron chi connectivity index (χ1n) is 9.80. The van der Waals surface area contributed by atoms with Gasteiger partial charge in [0.05, 0.1) is 19.7 Å². The Labute approximate surface area is 138 Å². The minimum Gasteiger partial charge on any atom is -0.390 e. The van der Waals surface area contributed by atoms with E-state index in [-0.39, 0.29) is 6.61 Å². The molecule has 1 N–H and O–H groups in total.